The van der Waals surface area contributed by atoms with E-state index in [-0.39, 0.29) is 19.8 Å². The van der Waals surface area contributed by atoms with Gasteiger partial charge in [0.15, 0.2) is 11.6 Å². The van der Waals surface area contributed by atoms with E-state index in [4.69, 9.17) is 9.47 Å². The lowest BCUT2D eigenvalue weighted by Gasteiger charge is -2.19. The van der Waals surface area contributed by atoms with Crippen molar-refractivity contribution in [1.82, 2.24) is 35.5 Å². The van der Waals surface area contributed by atoms with Gasteiger partial charge in [0.25, 0.3) is 0 Å². The number of imidazole rings is 1. The van der Waals surface area contributed by atoms with Crippen molar-refractivity contribution >= 4 is 25.9 Å². The van der Waals surface area contributed by atoms with Crippen molar-refractivity contribution in [1.29, 1.82) is 0 Å². The van der Waals surface area contributed by atoms with E-state index in [1.807, 2.05) is 6.07 Å². The van der Waals surface area contributed by atoms with E-state index < -0.39 is 44.3 Å². The van der Waals surface area contributed by atoms with Crippen LogP contribution in [-0.2, 0) is 32.2 Å². The molecule has 2 unspecified atom stereocenters. The number of alkyl carbamates (subject to hydrolysis) is 1. The Morgan fingerprint density at radius 3 is 2.61 bits per heavy atom. The van der Waals surface area contributed by atoms with Gasteiger partial charge < -0.3 is 24.9 Å². The third kappa shape index (κ3) is 9.19. The smallest absolute Gasteiger partial charge is 0.408 e. The maximum atomic E-state index is 13.1. The number of benzene rings is 1. The van der Waals surface area contributed by atoms with Crippen molar-refractivity contribution in [3.8, 4) is 0 Å². The number of aromatic nitrogens is 6. The van der Waals surface area contributed by atoms with Crippen molar-refractivity contribution in [3.63, 3.8) is 0 Å². The maximum absolute atomic E-state index is 13.1. The van der Waals surface area contributed by atoms with E-state index in [1.165, 1.54) is 4.68 Å². The number of carbonyl (C=O) groups excluding carboxylic acids is 2. The molecule has 0 fully saturated rings. The van der Waals surface area contributed by atoms with Crippen LogP contribution in [0, 0.1) is 0 Å². The fourth-order valence-corrected chi connectivity index (χ4v) is 4.24. The molecule has 0 bridgehead atoms. The lowest BCUT2D eigenvalue weighted by Crippen LogP contribution is -2.44. The third-order valence-electron chi connectivity index (χ3n) is 5.58. The Bertz CT molecular complexity index is 1180. The first-order chi connectivity index (χ1) is 18.1. The Kier molecular flexibility index (Phi) is 10.2. The predicted octanol–water partition coefficient (Wildman–Crippen LogP) is 2.22. The van der Waals surface area contributed by atoms with Gasteiger partial charge >= 0.3 is 12.1 Å². The summed E-state index contributed by atoms with van der Waals surface area (Å²) in [6.07, 6.45) is 1.72. The standard InChI is InChI=1S/C24H33N7O6Si/c1-38(2,3)12-11-36-16-18(22-25-9-10-26-22)23-28-29-30-31(23)14-20(32)19(13-21(33)34)27-24(35)37-15-17-7-5-4-6-8-17/h4-10,18-19H,11-16H2,1-3H3,(H,25,26)(H,27,35)(H,33,34). The molecule has 2 heterocycles. The number of ketones is 1. The van der Waals surface area contributed by atoms with Gasteiger partial charge in [-0.25, -0.2) is 14.5 Å². The minimum absolute atomic E-state index is 0.0275. The van der Waals surface area contributed by atoms with E-state index >= 15 is 0 Å². The first-order valence-electron chi connectivity index (χ1n) is 12.2. The maximum Gasteiger partial charge on any atom is 0.408 e. The van der Waals surface area contributed by atoms with Crippen LogP contribution in [0.4, 0.5) is 4.79 Å². The molecule has 0 saturated carbocycles. The molecule has 0 saturated heterocycles. The highest BCUT2D eigenvalue weighted by molar-refractivity contribution is 6.76. The van der Waals surface area contributed by atoms with Gasteiger partial charge in [0.1, 0.15) is 30.9 Å². The number of H-pyrrole nitrogens is 1. The van der Waals surface area contributed by atoms with Crippen LogP contribution < -0.4 is 5.32 Å². The average Bonchev–Trinajstić information content (AvgIpc) is 3.55. The lowest BCUT2D eigenvalue weighted by atomic mass is 10.1. The molecule has 204 valence electrons. The van der Waals surface area contributed by atoms with Crippen LogP contribution in [0.5, 0.6) is 0 Å². The highest BCUT2D eigenvalue weighted by atomic mass is 28.3. The van der Waals surface area contributed by atoms with Gasteiger partial charge in [-0.15, -0.1) is 5.10 Å². The number of amides is 1. The number of Topliss-reactive ketones (excluding diaryl/α,β-unsaturated/α-hetero) is 1. The quantitative estimate of drug-likeness (QED) is 0.190. The number of hydrogen-bond acceptors (Lipinski definition) is 9. The summed E-state index contributed by atoms with van der Waals surface area (Å²) in [6, 6.07) is 8.60. The first-order valence-corrected chi connectivity index (χ1v) is 15.9. The van der Waals surface area contributed by atoms with Crippen LogP contribution in [0.3, 0.4) is 0 Å². The summed E-state index contributed by atoms with van der Waals surface area (Å²) in [6.45, 7) is 7.17. The molecular weight excluding hydrogens is 510 g/mol. The third-order valence-corrected chi connectivity index (χ3v) is 7.28. The number of tetrazole rings is 1. The fourth-order valence-electron chi connectivity index (χ4n) is 3.48. The summed E-state index contributed by atoms with van der Waals surface area (Å²) in [4.78, 5) is 44.2. The minimum Gasteiger partial charge on any atom is -0.481 e. The van der Waals surface area contributed by atoms with Crippen molar-refractivity contribution in [3.05, 3.63) is 59.9 Å². The van der Waals surface area contributed by atoms with Crippen LogP contribution in [0.25, 0.3) is 0 Å². The van der Waals surface area contributed by atoms with Crippen LogP contribution in [0.1, 0.15) is 29.6 Å². The van der Waals surface area contributed by atoms with E-state index in [9.17, 15) is 19.5 Å². The number of nitrogens with one attached hydrogen (secondary N) is 2. The molecule has 0 spiro atoms. The van der Waals surface area contributed by atoms with Gasteiger partial charge in [-0.1, -0.05) is 50.0 Å². The highest BCUT2D eigenvalue weighted by Gasteiger charge is 2.29. The molecule has 2 atom stereocenters. The Balaban J connectivity index is 1.68. The molecular formula is C24H33N7O6Si. The van der Waals surface area contributed by atoms with Crippen molar-refractivity contribution < 1.29 is 29.0 Å². The molecule has 3 aromatic rings. The number of rotatable bonds is 15. The van der Waals surface area contributed by atoms with Crippen molar-refractivity contribution in [2.75, 3.05) is 13.2 Å². The average molecular weight is 544 g/mol. The van der Waals surface area contributed by atoms with Crippen LogP contribution in [-0.4, -0.2) is 80.5 Å². The number of ether oxygens (including phenoxy) is 2. The Morgan fingerprint density at radius 2 is 1.95 bits per heavy atom. The Labute approximate surface area is 221 Å². The molecule has 3 N–H and O–H groups in total. The number of carboxylic acids is 1. The molecule has 0 aliphatic rings. The molecule has 0 radical (unpaired) electrons. The van der Waals surface area contributed by atoms with E-state index in [2.05, 4.69) is 50.5 Å². The molecule has 38 heavy (non-hydrogen) atoms. The minimum atomic E-state index is -1.34. The van der Waals surface area contributed by atoms with Gasteiger partial charge in [0, 0.05) is 27.1 Å². The molecule has 1 amide bonds. The van der Waals surface area contributed by atoms with Gasteiger partial charge in [-0.3, -0.25) is 9.59 Å². The second-order valence-corrected chi connectivity index (χ2v) is 15.6. The zero-order valence-electron chi connectivity index (χ0n) is 21.7. The second kappa shape index (κ2) is 13.6. The summed E-state index contributed by atoms with van der Waals surface area (Å²) in [5.74, 6) is -1.47. The topological polar surface area (TPSA) is 174 Å². The SMILES string of the molecule is C[Si](C)(C)CCOCC(c1ncc[nH]1)c1nnnn1CC(=O)C(CC(=O)O)NC(=O)OCc1ccccc1. The second-order valence-electron chi connectivity index (χ2n) is 9.93. The number of carboxylic acid groups (broad SMARTS) is 1. The van der Waals surface area contributed by atoms with Gasteiger partial charge in [-0.2, -0.15) is 0 Å². The lowest BCUT2D eigenvalue weighted by molar-refractivity contribution is -0.139. The summed E-state index contributed by atoms with van der Waals surface area (Å²) in [5.41, 5.74) is 0.748. The first kappa shape index (κ1) is 28.7. The predicted molar refractivity (Wildman–Crippen MR) is 138 cm³/mol. The highest BCUT2D eigenvalue weighted by Crippen LogP contribution is 2.21. The number of aliphatic carboxylic acids is 1. The van der Waals surface area contributed by atoms with Crippen LogP contribution >= 0.6 is 0 Å². The molecule has 14 heteroatoms. The van der Waals surface area contributed by atoms with E-state index in [0.717, 1.165) is 11.6 Å². The number of nitrogens with zero attached hydrogens (tertiary/aromatic N) is 5. The molecule has 0 aliphatic heterocycles. The monoisotopic (exact) mass is 543 g/mol. The number of aromatic amines is 1. The molecule has 3 rings (SSSR count). The van der Waals surface area contributed by atoms with Gasteiger partial charge in [0.2, 0.25) is 0 Å². The van der Waals surface area contributed by atoms with Crippen LogP contribution in [0.2, 0.25) is 25.7 Å². The summed E-state index contributed by atoms with van der Waals surface area (Å²) in [5, 5.41) is 23.4. The van der Waals surface area contributed by atoms with Crippen LogP contribution in [0.15, 0.2) is 42.7 Å². The Hall–Kier alpha value is -3.91. The Morgan fingerprint density at radius 1 is 1.18 bits per heavy atom. The zero-order chi connectivity index (χ0) is 27.5. The molecule has 1 aromatic carbocycles. The summed E-state index contributed by atoms with van der Waals surface area (Å²) >= 11 is 0. The van der Waals surface area contributed by atoms with E-state index in [1.54, 1.807) is 36.7 Å². The van der Waals surface area contributed by atoms with Crippen molar-refractivity contribution in [2.45, 2.75) is 57.2 Å². The molecule has 2 aromatic heterocycles. The normalized spacial score (nSPS) is 13.0. The largest absolute Gasteiger partial charge is 0.481 e. The summed E-state index contributed by atoms with van der Waals surface area (Å²) in [7, 11) is -1.29. The number of hydrogen-bond donors (Lipinski definition) is 3. The number of carbonyl (C=O) groups is 3. The summed E-state index contributed by atoms with van der Waals surface area (Å²) < 4.78 is 12.3. The van der Waals surface area contributed by atoms with Gasteiger partial charge in [0.05, 0.1) is 13.0 Å². The molecule has 13 nitrogen and oxygen atoms in total. The molecule has 0 aliphatic carbocycles. The van der Waals surface area contributed by atoms with Gasteiger partial charge in [-0.05, 0) is 22.0 Å². The van der Waals surface area contributed by atoms with Crippen molar-refractivity contribution in [2.24, 2.45) is 0 Å². The zero-order valence-corrected chi connectivity index (χ0v) is 22.7. The van der Waals surface area contributed by atoms with E-state index in [0.29, 0.717) is 18.3 Å². The fraction of sp³-hybridized carbons (Fsp3) is 0.458.